The van der Waals surface area contributed by atoms with Gasteiger partial charge in [-0.25, -0.2) is 9.37 Å². The molecule has 2 heterocycles. The van der Waals surface area contributed by atoms with Crippen molar-refractivity contribution < 1.29 is 9.18 Å². The Bertz CT molecular complexity index is 713. The summed E-state index contributed by atoms with van der Waals surface area (Å²) in [6, 6.07) is 2.93. The van der Waals surface area contributed by atoms with Gasteiger partial charge in [0.05, 0.1) is 5.02 Å². The summed E-state index contributed by atoms with van der Waals surface area (Å²) in [7, 11) is 1.62. The maximum atomic E-state index is 14.3. The van der Waals surface area contributed by atoms with Crippen LogP contribution in [-0.4, -0.2) is 33.4 Å². The lowest BCUT2D eigenvalue weighted by atomic mass is 10.1. The molecule has 0 N–H and O–H groups in total. The Morgan fingerprint density at radius 2 is 1.82 bits per heavy atom. The first-order valence-electron chi connectivity index (χ1n) is 6.75. The van der Waals surface area contributed by atoms with Crippen LogP contribution in [0, 0.1) is 5.82 Å². The highest BCUT2D eigenvalue weighted by Gasteiger charge is 2.26. The third-order valence-electron chi connectivity index (χ3n) is 3.39. The molecule has 0 atom stereocenters. The summed E-state index contributed by atoms with van der Waals surface area (Å²) in [5.74, 6) is -1.13. The number of nitrogens with zero attached hydrogens (tertiary/aromatic N) is 3. The van der Waals surface area contributed by atoms with E-state index in [9.17, 15) is 9.18 Å². The predicted octanol–water partition coefficient (Wildman–Crippen LogP) is 3.81. The largest absolute Gasteiger partial charge is 0.335 e. The van der Waals surface area contributed by atoms with Crippen molar-refractivity contribution in [1.82, 2.24) is 14.9 Å². The minimum Gasteiger partial charge on any atom is -0.335 e. The summed E-state index contributed by atoms with van der Waals surface area (Å²) >= 11 is 5.87. The van der Waals surface area contributed by atoms with Gasteiger partial charge < -0.3 is 4.90 Å². The van der Waals surface area contributed by atoms with E-state index in [1.165, 1.54) is 23.4 Å². The first kappa shape index (κ1) is 16.4. The lowest BCUT2D eigenvalue weighted by Crippen LogP contribution is -2.43. The van der Waals surface area contributed by atoms with E-state index < -0.39 is 17.3 Å². The number of hydrogen-bond donors (Lipinski definition) is 0. The number of carbonyl (C=O) groups excluding carboxylic acids is 1. The van der Waals surface area contributed by atoms with Crippen LogP contribution in [0.1, 0.15) is 31.3 Å². The number of carbonyl (C=O) groups is 1. The molecule has 0 aromatic carbocycles. The van der Waals surface area contributed by atoms with Crippen molar-refractivity contribution in [2.75, 3.05) is 7.05 Å². The molecule has 116 valence electrons. The van der Waals surface area contributed by atoms with Gasteiger partial charge in [0.15, 0.2) is 11.5 Å². The van der Waals surface area contributed by atoms with E-state index in [1.54, 1.807) is 19.3 Å². The average molecular weight is 322 g/mol. The molecule has 0 bridgehead atoms. The fraction of sp³-hybridized carbons (Fsp3) is 0.312. The van der Waals surface area contributed by atoms with Gasteiger partial charge >= 0.3 is 0 Å². The van der Waals surface area contributed by atoms with E-state index in [0.29, 0.717) is 16.1 Å². The molecule has 2 rings (SSSR count). The molecule has 0 radical (unpaired) electrons. The highest BCUT2D eigenvalue weighted by atomic mass is 35.5. The summed E-state index contributed by atoms with van der Waals surface area (Å²) in [6.07, 6.45) is 4.50. The first-order valence-corrected chi connectivity index (χ1v) is 7.12. The van der Waals surface area contributed by atoms with Crippen LogP contribution < -0.4 is 0 Å². The van der Waals surface area contributed by atoms with Crippen molar-refractivity contribution in [2.45, 2.75) is 26.3 Å². The molecule has 2 aromatic heterocycles. The zero-order chi connectivity index (χ0) is 16.5. The number of hydrogen-bond acceptors (Lipinski definition) is 3. The normalized spacial score (nSPS) is 11.4. The smallest absolute Gasteiger partial charge is 0.275 e. The summed E-state index contributed by atoms with van der Waals surface area (Å²) in [4.78, 5) is 21.7. The molecule has 0 aliphatic rings. The van der Waals surface area contributed by atoms with E-state index in [-0.39, 0.29) is 5.69 Å². The van der Waals surface area contributed by atoms with Gasteiger partial charge in [-0.3, -0.25) is 9.78 Å². The average Bonchev–Trinajstić information content (AvgIpc) is 2.44. The number of amides is 1. The molecule has 4 nitrogen and oxygen atoms in total. The fourth-order valence-corrected chi connectivity index (χ4v) is 1.96. The third-order valence-corrected chi connectivity index (χ3v) is 3.60. The number of pyridine rings is 2. The van der Waals surface area contributed by atoms with Crippen LogP contribution in [0.4, 0.5) is 4.39 Å². The summed E-state index contributed by atoms with van der Waals surface area (Å²) in [5, 5.41) is 0.450. The Balaban J connectivity index is 2.37. The Hall–Kier alpha value is -2.01. The van der Waals surface area contributed by atoms with Crippen LogP contribution in [-0.2, 0) is 0 Å². The molecular formula is C16H17ClFN3O. The van der Waals surface area contributed by atoms with Crippen molar-refractivity contribution in [3.8, 4) is 11.1 Å². The maximum Gasteiger partial charge on any atom is 0.275 e. The Morgan fingerprint density at radius 3 is 2.36 bits per heavy atom. The standard InChI is InChI=1S/C16H17ClFN3O/c1-16(2,3)21(4)15(22)14-13(18)6-11(8-20-14)10-5-12(17)9-19-7-10/h5-9H,1-4H3. The first-order chi connectivity index (χ1) is 10.2. The molecular weight excluding hydrogens is 305 g/mol. The topological polar surface area (TPSA) is 46.1 Å². The molecule has 0 aliphatic heterocycles. The highest BCUT2D eigenvalue weighted by molar-refractivity contribution is 6.30. The van der Waals surface area contributed by atoms with E-state index in [4.69, 9.17) is 11.6 Å². The highest BCUT2D eigenvalue weighted by Crippen LogP contribution is 2.23. The zero-order valence-electron chi connectivity index (χ0n) is 12.9. The van der Waals surface area contributed by atoms with Crippen molar-refractivity contribution in [3.63, 3.8) is 0 Å². The second kappa shape index (κ2) is 6.01. The van der Waals surface area contributed by atoms with Crippen molar-refractivity contribution in [1.29, 1.82) is 0 Å². The van der Waals surface area contributed by atoms with Crippen molar-refractivity contribution in [3.05, 3.63) is 47.3 Å². The molecule has 0 saturated carbocycles. The third kappa shape index (κ3) is 3.42. The molecule has 1 amide bonds. The molecule has 22 heavy (non-hydrogen) atoms. The number of halogens is 2. The molecule has 0 spiro atoms. The Kier molecular flexibility index (Phi) is 4.47. The minimum atomic E-state index is -0.668. The predicted molar refractivity (Wildman–Crippen MR) is 84.3 cm³/mol. The monoisotopic (exact) mass is 321 g/mol. The molecule has 0 saturated heterocycles. The van der Waals surface area contributed by atoms with Gasteiger partial charge in [0.1, 0.15) is 0 Å². The molecule has 2 aromatic rings. The van der Waals surface area contributed by atoms with Gasteiger partial charge in [-0.2, -0.15) is 0 Å². The number of rotatable bonds is 2. The van der Waals surface area contributed by atoms with Crippen molar-refractivity contribution in [2.24, 2.45) is 0 Å². The second-order valence-corrected chi connectivity index (χ2v) is 6.42. The van der Waals surface area contributed by atoms with E-state index in [2.05, 4.69) is 9.97 Å². The van der Waals surface area contributed by atoms with Crippen LogP contribution in [0.5, 0.6) is 0 Å². The second-order valence-electron chi connectivity index (χ2n) is 5.98. The van der Waals surface area contributed by atoms with Gasteiger partial charge in [0, 0.05) is 42.3 Å². The summed E-state index contributed by atoms with van der Waals surface area (Å²) < 4.78 is 14.3. The molecule has 0 aliphatic carbocycles. The molecule has 0 fully saturated rings. The summed E-state index contributed by atoms with van der Waals surface area (Å²) in [6.45, 7) is 5.61. The van der Waals surface area contributed by atoms with E-state index in [1.807, 2.05) is 20.8 Å². The van der Waals surface area contributed by atoms with Gasteiger partial charge in [0.2, 0.25) is 0 Å². The van der Waals surface area contributed by atoms with Crippen molar-refractivity contribution >= 4 is 17.5 Å². The Morgan fingerprint density at radius 1 is 1.18 bits per heavy atom. The van der Waals surface area contributed by atoms with Crippen LogP contribution in [0.2, 0.25) is 5.02 Å². The van der Waals surface area contributed by atoms with Crippen LogP contribution in [0.25, 0.3) is 11.1 Å². The van der Waals surface area contributed by atoms with E-state index in [0.717, 1.165) is 0 Å². The molecule has 6 heteroatoms. The minimum absolute atomic E-state index is 0.198. The van der Waals surface area contributed by atoms with Gasteiger partial charge in [-0.05, 0) is 32.9 Å². The Labute approximate surface area is 134 Å². The fourth-order valence-electron chi connectivity index (χ4n) is 1.79. The van der Waals surface area contributed by atoms with Crippen LogP contribution >= 0.6 is 11.6 Å². The molecule has 0 unspecified atom stereocenters. The SMILES string of the molecule is CN(C(=O)c1ncc(-c2cncc(Cl)c2)cc1F)C(C)(C)C. The maximum absolute atomic E-state index is 14.3. The van der Waals surface area contributed by atoms with Crippen LogP contribution in [0.3, 0.4) is 0 Å². The number of aromatic nitrogens is 2. The zero-order valence-corrected chi connectivity index (χ0v) is 13.6. The lowest BCUT2D eigenvalue weighted by Gasteiger charge is -2.31. The lowest BCUT2D eigenvalue weighted by molar-refractivity contribution is 0.0644. The quantitative estimate of drug-likeness (QED) is 0.845. The van der Waals surface area contributed by atoms with E-state index >= 15 is 0 Å². The van der Waals surface area contributed by atoms with Gasteiger partial charge in [0.25, 0.3) is 5.91 Å². The van der Waals surface area contributed by atoms with Gasteiger partial charge in [-0.1, -0.05) is 11.6 Å². The van der Waals surface area contributed by atoms with Crippen LogP contribution in [0.15, 0.2) is 30.7 Å². The summed E-state index contributed by atoms with van der Waals surface area (Å²) in [5.41, 5.74) is 0.543. The van der Waals surface area contributed by atoms with Gasteiger partial charge in [-0.15, -0.1) is 0 Å².